The number of nitrogens with zero attached hydrogens (tertiary/aromatic N) is 6. The lowest BCUT2D eigenvalue weighted by Gasteiger charge is -2.06. The van der Waals surface area contributed by atoms with E-state index in [0.29, 0.717) is 0 Å². The van der Waals surface area contributed by atoms with Crippen LogP contribution in [-0.4, -0.2) is 29.2 Å². The van der Waals surface area contributed by atoms with E-state index in [1.165, 1.54) is 11.1 Å². The first kappa shape index (κ1) is 30.2. The van der Waals surface area contributed by atoms with Gasteiger partial charge in [0.15, 0.2) is 5.82 Å². The summed E-state index contributed by atoms with van der Waals surface area (Å²) in [5, 5.41) is 9.01. The molecule has 0 aliphatic rings. The summed E-state index contributed by atoms with van der Waals surface area (Å²) in [5.41, 5.74) is 6.93. The van der Waals surface area contributed by atoms with Crippen LogP contribution in [0.25, 0.3) is 11.0 Å². The highest BCUT2D eigenvalue weighted by atomic mass is 15.2. The molecule has 6 aromatic rings. The molecule has 0 amide bonds. The SMILES string of the molecule is CC.CC.CCc1nc(Cc2ccccc2)c2cccn2n1.CCc1nc(Cc2ccccc2)nn2cccc12. The summed E-state index contributed by atoms with van der Waals surface area (Å²) >= 11 is 0. The first-order chi connectivity index (χ1) is 19.7. The Kier molecular flexibility index (Phi) is 12.0. The van der Waals surface area contributed by atoms with Crippen molar-refractivity contribution in [1.82, 2.24) is 29.2 Å². The standard InChI is InChI=1S/2C15H15N3.2C2H6/c1-2-15-16-13(11-12-7-4-3-5-8-12)14-9-6-10-18(14)17-15;1-2-13-14-9-6-10-18(14)17-15(16-13)11-12-7-4-3-5-8-12;2*1-2/h2*3-10H,2,11H2,1H3;2*1-2H3. The van der Waals surface area contributed by atoms with E-state index >= 15 is 0 Å². The molecule has 0 aliphatic heterocycles. The van der Waals surface area contributed by atoms with Crippen molar-refractivity contribution < 1.29 is 0 Å². The molecule has 0 fully saturated rings. The molecule has 6 rings (SSSR count). The van der Waals surface area contributed by atoms with Gasteiger partial charge in [-0.2, -0.15) is 10.2 Å². The molecule has 208 valence electrons. The van der Waals surface area contributed by atoms with Crippen molar-refractivity contribution in [2.45, 2.75) is 67.2 Å². The molecule has 0 unspecified atom stereocenters. The molecule has 0 atom stereocenters. The van der Waals surface area contributed by atoms with Gasteiger partial charge in [-0.15, -0.1) is 0 Å². The minimum Gasteiger partial charge on any atom is -0.237 e. The van der Waals surface area contributed by atoms with Crippen molar-refractivity contribution in [2.24, 2.45) is 0 Å². The number of aryl methyl sites for hydroxylation is 2. The molecule has 0 aliphatic carbocycles. The highest BCUT2D eigenvalue weighted by Crippen LogP contribution is 2.14. The second-order valence-electron chi connectivity index (χ2n) is 8.66. The average Bonchev–Trinajstić information content (AvgIpc) is 3.70. The van der Waals surface area contributed by atoms with E-state index < -0.39 is 0 Å². The van der Waals surface area contributed by atoms with Gasteiger partial charge in [0.1, 0.15) is 5.82 Å². The third-order valence-electron chi connectivity index (χ3n) is 6.09. The maximum Gasteiger partial charge on any atom is 0.153 e. The van der Waals surface area contributed by atoms with Gasteiger partial charge in [-0.3, -0.25) is 0 Å². The Labute approximate surface area is 238 Å². The third kappa shape index (κ3) is 7.85. The molecule has 40 heavy (non-hydrogen) atoms. The van der Waals surface area contributed by atoms with Gasteiger partial charge < -0.3 is 0 Å². The molecule has 2 aromatic carbocycles. The number of hydrogen-bond acceptors (Lipinski definition) is 4. The van der Waals surface area contributed by atoms with Crippen LogP contribution in [0.4, 0.5) is 0 Å². The highest BCUT2D eigenvalue weighted by Gasteiger charge is 2.08. The second-order valence-corrected chi connectivity index (χ2v) is 8.66. The van der Waals surface area contributed by atoms with E-state index in [2.05, 4.69) is 82.5 Å². The monoisotopic (exact) mass is 534 g/mol. The number of rotatable bonds is 6. The van der Waals surface area contributed by atoms with Crippen LogP contribution in [0.5, 0.6) is 0 Å². The minimum atomic E-state index is 0.780. The number of aromatic nitrogens is 6. The Bertz CT molecular complexity index is 1550. The summed E-state index contributed by atoms with van der Waals surface area (Å²) in [5.74, 6) is 1.77. The summed E-state index contributed by atoms with van der Waals surface area (Å²) in [6, 6.07) is 28.9. The zero-order chi connectivity index (χ0) is 28.7. The maximum absolute atomic E-state index is 4.65. The van der Waals surface area contributed by atoms with E-state index in [1.807, 2.05) is 85.5 Å². The smallest absolute Gasteiger partial charge is 0.153 e. The van der Waals surface area contributed by atoms with Crippen LogP contribution in [0.1, 0.15) is 75.7 Å². The van der Waals surface area contributed by atoms with Crippen LogP contribution in [0.2, 0.25) is 0 Å². The van der Waals surface area contributed by atoms with Gasteiger partial charge in [-0.25, -0.2) is 19.0 Å². The molecular formula is C34H42N6. The average molecular weight is 535 g/mol. The second kappa shape index (κ2) is 15.9. The zero-order valence-electron chi connectivity index (χ0n) is 24.7. The number of benzene rings is 2. The molecular weight excluding hydrogens is 492 g/mol. The van der Waals surface area contributed by atoms with Gasteiger partial charge in [0.2, 0.25) is 0 Å². The Morgan fingerprint density at radius 1 is 0.500 bits per heavy atom. The van der Waals surface area contributed by atoms with E-state index in [9.17, 15) is 0 Å². The van der Waals surface area contributed by atoms with Crippen molar-refractivity contribution in [2.75, 3.05) is 0 Å². The van der Waals surface area contributed by atoms with Gasteiger partial charge in [-0.1, -0.05) is 102 Å². The lowest BCUT2D eigenvalue weighted by molar-refractivity contribution is 0.790. The highest BCUT2D eigenvalue weighted by molar-refractivity contribution is 5.53. The summed E-state index contributed by atoms with van der Waals surface area (Å²) in [6.45, 7) is 12.2. The van der Waals surface area contributed by atoms with Gasteiger partial charge in [0.05, 0.1) is 22.4 Å². The fraction of sp³-hybridized carbons (Fsp3) is 0.294. The van der Waals surface area contributed by atoms with E-state index in [4.69, 9.17) is 0 Å². The Morgan fingerprint density at radius 2 is 0.975 bits per heavy atom. The number of hydrogen-bond donors (Lipinski definition) is 0. The van der Waals surface area contributed by atoms with Crippen LogP contribution < -0.4 is 0 Å². The Balaban J connectivity index is 0.000000196. The van der Waals surface area contributed by atoms with Crippen molar-refractivity contribution >= 4 is 11.0 Å². The van der Waals surface area contributed by atoms with Gasteiger partial charge in [0.25, 0.3) is 0 Å². The van der Waals surface area contributed by atoms with Crippen LogP contribution in [0.15, 0.2) is 97.3 Å². The normalized spacial score (nSPS) is 10.2. The molecule has 4 heterocycles. The Hall–Kier alpha value is -4.32. The van der Waals surface area contributed by atoms with Crippen molar-refractivity contribution in [1.29, 1.82) is 0 Å². The van der Waals surface area contributed by atoms with Gasteiger partial charge in [-0.05, 0) is 41.8 Å². The summed E-state index contributed by atoms with van der Waals surface area (Å²) in [7, 11) is 0. The molecule has 0 N–H and O–H groups in total. The van der Waals surface area contributed by atoms with E-state index in [-0.39, 0.29) is 0 Å². The summed E-state index contributed by atoms with van der Waals surface area (Å²) in [6.07, 6.45) is 7.37. The third-order valence-corrected chi connectivity index (χ3v) is 6.09. The van der Waals surface area contributed by atoms with Crippen molar-refractivity contribution in [3.05, 3.63) is 131 Å². The lowest BCUT2D eigenvalue weighted by Crippen LogP contribution is -2.05. The van der Waals surface area contributed by atoms with Crippen LogP contribution in [0, 0.1) is 0 Å². The first-order valence-corrected chi connectivity index (χ1v) is 14.5. The van der Waals surface area contributed by atoms with Crippen molar-refractivity contribution in [3.8, 4) is 0 Å². The largest absolute Gasteiger partial charge is 0.237 e. The fourth-order valence-electron chi connectivity index (χ4n) is 4.28. The fourth-order valence-corrected chi connectivity index (χ4v) is 4.28. The van der Waals surface area contributed by atoms with Gasteiger partial charge in [0, 0.05) is 31.7 Å². The molecule has 0 saturated carbocycles. The van der Waals surface area contributed by atoms with E-state index in [0.717, 1.165) is 59.8 Å². The molecule has 6 heteroatoms. The summed E-state index contributed by atoms with van der Waals surface area (Å²) < 4.78 is 3.84. The molecule has 4 aromatic heterocycles. The quantitative estimate of drug-likeness (QED) is 0.219. The molecule has 0 spiro atoms. The van der Waals surface area contributed by atoms with E-state index in [1.54, 1.807) is 0 Å². The van der Waals surface area contributed by atoms with Crippen LogP contribution >= 0.6 is 0 Å². The molecule has 0 radical (unpaired) electrons. The molecule has 6 nitrogen and oxygen atoms in total. The van der Waals surface area contributed by atoms with Crippen molar-refractivity contribution in [3.63, 3.8) is 0 Å². The maximum atomic E-state index is 4.65. The topological polar surface area (TPSA) is 60.4 Å². The zero-order valence-corrected chi connectivity index (χ0v) is 24.7. The predicted molar refractivity (Wildman–Crippen MR) is 166 cm³/mol. The van der Waals surface area contributed by atoms with Gasteiger partial charge >= 0.3 is 0 Å². The predicted octanol–water partition coefficient (Wildman–Crippen LogP) is 7.82. The van der Waals surface area contributed by atoms with Crippen LogP contribution in [-0.2, 0) is 25.7 Å². The minimum absolute atomic E-state index is 0.780. The number of fused-ring (bicyclic) bond motifs is 2. The first-order valence-electron chi connectivity index (χ1n) is 14.5. The summed E-state index contributed by atoms with van der Waals surface area (Å²) in [4.78, 5) is 9.31. The molecule has 0 bridgehead atoms. The molecule has 0 saturated heterocycles. The van der Waals surface area contributed by atoms with Crippen LogP contribution in [0.3, 0.4) is 0 Å². The lowest BCUT2D eigenvalue weighted by atomic mass is 10.1. The Morgan fingerprint density at radius 3 is 1.50 bits per heavy atom.